The van der Waals surface area contributed by atoms with Crippen LogP contribution in [0.2, 0.25) is 0 Å². The van der Waals surface area contributed by atoms with Gasteiger partial charge in [-0.05, 0) is 60.1 Å². The molecule has 2 aromatic carbocycles. The molecule has 1 saturated heterocycles. The molecule has 2 aliphatic rings. The first-order chi connectivity index (χ1) is 15.4. The molecule has 0 amide bonds. The third-order valence-electron chi connectivity index (χ3n) is 5.78. The van der Waals surface area contributed by atoms with Crippen LogP contribution >= 0.6 is 34.4 Å². The maximum Gasteiger partial charge on any atom is 0.238 e. The normalized spacial score (nSPS) is 23.2. The third kappa shape index (κ3) is 4.61. The van der Waals surface area contributed by atoms with Gasteiger partial charge in [0.15, 0.2) is 11.6 Å². The van der Waals surface area contributed by atoms with Gasteiger partial charge in [-0.25, -0.2) is 21.6 Å². The van der Waals surface area contributed by atoms with E-state index in [9.17, 15) is 31.8 Å². The van der Waals surface area contributed by atoms with Crippen LogP contribution in [-0.2, 0) is 10.0 Å². The van der Waals surface area contributed by atoms with Crippen molar-refractivity contribution in [2.24, 2.45) is 0 Å². The van der Waals surface area contributed by atoms with E-state index in [0.717, 1.165) is 18.9 Å². The average molecular weight is 616 g/mol. The zero-order chi connectivity index (χ0) is 24.2. The summed E-state index contributed by atoms with van der Waals surface area (Å²) in [5.41, 5.74) is -1.22. The Morgan fingerprint density at radius 3 is 2.45 bits per heavy atom. The molecule has 13 heteroatoms. The van der Waals surface area contributed by atoms with Crippen molar-refractivity contribution in [2.45, 2.75) is 34.2 Å². The summed E-state index contributed by atoms with van der Waals surface area (Å²) in [6, 6.07) is 4.73. The van der Waals surface area contributed by atoms with Gasteiger partial charge in [-0.1, -0.05) is 0 Å². The lowest BCUT2D eigenvalue weighted by Gasteiger charge is -2.22. The summed E-state index contributed by atoms with van der Waals surface area (Å²) >= 11 is 2.96. The summed E-state index contributed by atoms with van der Waals surface area (Å²) in [7, 11) is -3.01. The second-order valence-electron chi connectivity index (χ2n) is 7.98. The summed E-state index contributed by atoms with van der Waals surface area (Å²) in [5.74, 6) is -3.77. The van der Waals surface area contributed by atoms with Crippen molar-refractivity contribution < 1.29 is 36.5 Å². The van der Waals surface area contributed by atoms with Gasteiger partial charge in [0.1, 0.15) is 27.9 Å². The van der Waals surface area contributed by atoms with Crippen molar-refractivity contribution in [3.05, 3.63) is 45.3 Å². The van der Waals surface area contributed by atoms with Gasteiger partial charge >= 0.3 is 0 Å². The second-order valence-corrected chi connectivity index (χ2v) is 12.8. The number of sulfonamides is 1. The van der Waals surface area contributed by atoms with Crippen LogP contribution in [0.5, 0.6) is 5.75 Å². The van der Waals surface area contributed by atoms with E-state index in [-0.39, 0.29) is 17.9 Å². The summed E-state index contributed by atoms with van der Waals surface area (Å²) in [5, 5.41) is 21.3. The molecule has 4 N–H and O–H groups in total. The minimum absolute atomic E-state index is 0.0740. The monoisotopic (exact) mass is 616 g/mol. The highest BCUT2D eigenvalue weighted by molar-refractivity contribution is 14.1. The number of benzene rings is 2. The number of aliphatic hydroxyl groups is 2. The fraction of sp³-hybridized carbons (Fsp3) is 0.400. The number of anilines is 3. The molecule has 1 unspecified atom stereocenters. The number of thioether (sulfide) groups is 1. The van der Waals surface area contributed by atoms with Gasteiger partial charge in [-0.3, -0.25) is 4.72 Å². The van der Waals surface area contributed by atoms with Crippen molar-refractivity contribution in [1.82, 2.24) is 0 Å². The Hall–Kier alpha value is -1.42. The lowest BCUT2D eigenvalue weighted by molar-refractivity contribution is 0.0896. The van der Waals surface area contributed by atoms with Crippen molar-refractivity contribution in [3.63, 3.8) is 0 Å². The highest BCUT2D eigenvalue weighted by atomic mass is 127. The Kier molecular flexibility index (Phi) is 6.48. The number of ether oxygens (including phenoxy) is 1. The zero-order valence-corrected chi connectivity index (χ0v) is 21.0. The SMILES string of the molecule is COc1cc(F)c(F)c(Nc2ccc(I)cc2F)c1NS(=O)(=O)C1(CC2S[C@]2(O)CO)CC1. The van der Waals surface area contributed by atoms with E-state index in [1.807, 2.05) is 22.6 Å². The summed E-state index contributed by atoms with van der Waals surface area (Å²) in [4.78, 5) is -1.38. The van der Waals surface area contributed by atoms with Crippen molar-refractivity contribution in [1.29, 1.82) is 0 Å². The van der Waals surface area contributed by atoms with E-state index in [4.69, 9.17) is 4.74 Å². The quantitative estimate of drug-likeness (QED) is 0.250. The molecular weight excluding hydrogens is 596 g/mol. The minimum Gasteiger partial charge on any atom is -0.494 e. The topological polar surface area (TPSA) is 108 Å². The molecule has 1 aliphatic heterocycles. The molecule has 1 saturated carbocycles. The van der Waals surface area contributed by atoms with Crippen LogP contribution in [0.25, 0.3) is 0 Å². The molecule has 7 nitrogen and oxygen atoms in total. The molecule has 0 radical (unpaired) electrons. The Bertz CT molecular complexity index is 1210. The molecular formula is C20H20F3IN2O5S2. The van der Waals surface area contributed by atoms with E-state index in [1.54, 1.807) is 6.07 Å². The summed E-state index contributed by atoms with van der Waals surface area (Å²) in [6.45, 7) is -0.501. The fourth-order valence-corrected chi connectivity index (χ4v) is 6.89. The first-order valence-corrected chi connectivity index (χ1v) is 13.2. The maximum absolute atomic E-state index is 14.8. The van der Waals surface area contributed by atoms with Crippen LogP contribution in [0.15, 0.2) is 24.3 Å². The highest BCUT2D eigenvalue weighted by Crippen LogP contribution is 2.60. The molecule has 2 atom stereocenters. The summed E-state index contributed by atoms with van der Waals surface area (Å²) < 4.78 is 76.7. The predicted molar refractivity (Wildman–Crippen MR) is 128 cm³/mol. The Morgan fingerprint density at radius 2 is 1.91 bits per heavy atom. The molecule has 1 heterocycles. The van der Waals surface area contributed by atoms with Crippen molar-refractivity contribution >= 4 is 61.4 Å². The minimum atomic E-state index is -4.17. The number of rotatable bonds is 9. The van der Waals surface area contributed by atoms with Crippen LogP contribution in [0, 0.1) is 21.0 Å². The molecule has 33 heavy (non-hydrogen) atoms. The number of hydrogen-bond donors (Lipinski definition) is 4. The van der Waals surface area contributed by atoms with E-state index in [0.29, 0.717) is 22.5 Å². The Balaban J connectivity index is 1.70. The molecule has 1 aliphatic carbocycles. The first kappa shape index (κ1) is 24.7. The van der Waals surface area contributed by atoms with Crippen LogP contribution in [0.1, 0.15) is 19.3 Å². The fourth-order valence-electron chi connectivity index (χ4n) is 3.56. The van der Waals surface area contributed by atoms with E-state index >= 15 is 0 Å². The average Bonchev–Trinajstić information content (AvgIpc) is 3.67. The predicted octanol–water partition coefficient (Wildman–Crippen LogP) is 3.92. The zero-order valence-electron chi connectivity index (χ0n) is 17.2. The maximum atomic E-state index is 14.8. The molecule has 0 aromatic heterocycles. The van der Waals surface area contributed by atoms with Gasteiger partial charge in [-0.15, -0.1) is 11.8 Å². The molecule has 0 bridgehead atoms. The van der Waals surface area contributed by atoms with Gasteiger partial charge in [0.05, 0.1) is 24.2 Å². The smallest absolute Gasteiger partial charge is 0.238 e. The Morgan fingerprint density at radius 1 is 1.21 bits per heavy atom. The molecule has 2 aromatic rings. The number of halogens is 4. The second kappa shape index (κ2) is 8.66. The van der Waals surface area contributed by atoms with Crippen molar-refractivity contribution in [2.75, 3.05) is 23.8 Å². The Labute approximate surface area is 206 Å². The molecule has 2 fully saturated rings. The van der Waals surface area contributed by atoms with Crippen LogP contribution in [-0.4, -0.2) is 47.3 Å². The standard InChI is InChI=1S/C20H20F3IN2O5S2/c1-31-14-7-12(22)16(23)18(25-13-3-2-10(24)6-11(13)21)17(14)26-33(29,30)19(4-5-19)8-15-20(28,9-27)32-15/h2-3,6-7,15,25-28H,4-5,8-9H2,1H3/t15?,20-/m1/s1. The van der Waals surface area contributed by atoms with Crippen LogP contribution < -0.4 is 14.8 Å². The van der Waals surface area contributed by atoms with Gasteiger partial charge in [0.2, 0.25) is 10.0 Å². The van der Waals surface area contributed by atoms with E-state index < -0.39 is 60.4 Å². The lowest BCUT2D eigenvalue weighted by Crippen LogP contribution is -2.33. The van der Waals surface area contributed by atoms with E-state index in [1.165, 1.54) is 12.1 Å². The van der Waals surface area contributed by atoms with E-state index in [2.05, 4.69) is 10.0 Å². The largest absolute Gasteiger partial charge is 0.494 e. The van der Waals surface area contributed by atoms with Gasteiger partial charge in [0, 0.05) is 14.9 Å². The summed E-state index contributed by atoms with van der Waals surface area (Å²) in [6.07, 6.45) is 0.660. The number of hydrogen-bond acceptors (Lipinski definition) is 7. The third-order valence-corrected chi connectivity index (χ3v) is 10.1. The van der Waals surface area contributed by atoms with Gasteiger partial charge in [0.25, 0.3) is 0 Å². The lowest BCUT2D eigenvalue weighted by atomic mass is 10.1. The number of aliphatic hydroxyl groups excluding tert-OH is 1. The van der Waals surface area contributed by atoms with Gasteiger partial charge in [-0.2, -0.15) is 0 Å². The van der Waals surface area contributed by atoms with Crippen LogP contribution in [0.3, 0.4) is 0 Å². The van der Waals surface area contributed by atoms with Crippen LogP contribution in [0.4, 0.5) is 30.2 Å². The first-order valence-electron chi connectivity index (χ1n) is 9.77. The highest BCUT2D eigenvalue weighted by Gasteiger charge is 2.64. The van der Waals surface area contributed by atoms with Gasteiger partial charge < -0.3 is 20.3 Å². The molecule has 180 valence electrons. The molecule has 4 rings (SSSR count). The number of nitrogens with one attached hydrogen (secondary N) is 2. The number of methoxy groups -OCH3 is 1. The van der Waals surface area contributed by atoms with Crippen molar-refractivity contribution in [3.8, 4) is 5.75 Å². The molecule has 0 spiro atoms.